The van der Waals surface area contributed by atoms with E-state index in [4.69, 9.17) is 10.8 Å². The number of carbonyl (C=O) groups is 3. The lowest BCUT2D eigenvalue weighted by Crippen LogP contribution is -2.29. The molecule has 0 spiro atoms. The summed E-state index contributed by atoms with van der Waals surface area (Å²) in [5.41, 5.74) is 5.81. The van der Waals surface area contributed by atoms with Crippen molar-refractivity contribution in [2.75, 3.05) is 11.1 Å². The fourth-order valence-corrected chi connectivity index (χ4v) is 3.43. The first-order valence-electron chi connectivity index (χ1n) is 7.51. The van der Waals surface area contributed by atoms with Crippen molar-refractivity contribution in [3.05, 3.63) is 24.3 Å². The molecule has 1 aromatic carbocycles. The van der Waals surface area contributed by atoms with Crippen molar-refractivity contribution in [1.29, 1.82) is 0 Å². The van der Waals surface area contributed by atoms with Gasteiger partial charge in [-0.25, -0.2) is 0 Å². The number of para-hydroxylation sites is 1. The molecule has 1 aliphatic rings. The van der Waals surface area contributed by atoms with E-state index in [2.05, 4.69) is 5.32 Å². The summed E-state index contributed by atoms with van der Waals surface area (Å²) in [5.74, 6) is -1.64. The van der Waals surface area contributed by atoms with Gasteiger partial charge in [-0.1, -0.05) is 12.1 Å². The number of rotatable bonds is 6. The Bertz CT molecular complexity index is 597. The van der Waals surface area contributed by atoms with E-state index in [0.717, 1.165) is 4.90 Å². The SMILES string of the molecule is NC(=O)CSc1ccccc1NC(=O)C1CCC(C(=O)O)CC1. The normalized spacial score (nSPS) is 20.7. The molecule has 1 aromatic rings. The van der Waals surface area contributed by atoms with Crippen molar-refractivity contribution in [2.45, 2.75) is 30.6 Å². The third-order valence-electron chi connectivity index (χ3n) is 3.96. The van der Waals surface area contributed by atoms with Crippen LogP contribution in [0.2, 0.25) is 0 Å². The molecule has 0 radical (unpaired) electrons. The lowest BCUT2D eigenvalue weighted by atomic mass is 9.81. The van der Waals surface area contributed by atoms with Crippen molar-refractivity contribution in [3.63, 3.8) is 0 Å². The van der Waals surface area contributed by atoms with Gasteiger partial charge in [0.15, 0.2) is 0 Å². The van der Waals surface area contributed by atoms with Crippen LogP contribution in [0.1, 0.15) is 25.7 Å². The molecule has 2 amide bonds. The molecule has 0 unspecified atom stereocenters. The Balaban J connectivity index is 1.95. The predicted molar refractivity (Wildman–Crippen MR) is 88.1 cm³/mol. The minimum Gasteiger partial charge on any atom is -0.481 e. The third kappa shape index (κ3) is 4.99. The molecule has 0 aliphatic heterocycles. The number of hydrogen-bond donors (Lipinski definition) is 3. The van der Waals surface area contributed by atoms with Crippen LogP contribution in [0, 0.1) is 11.8 Å². The van der Waals surface area contributed by atoms with Gasteiger partial charge < -0.3 is 16.2 Å². The van der Waals surface area contributed by atoms with Gasteiger partial charge in [-0.05, 0) is 37.8 Å². The summed E-state index contributed by atoms with van der Waals surface area (Å²) in [6, 6.07) is 7.25. The van der Waals surface area contributed by atoms with Crippen LogP contribution in [0.15, 0.2) is 29.2 Å². The number of carbonyl (C=O) groups excluding carboxylic acids is 2. The van der Waals surface area contributed by atoms with E-state index in [1.165, 1.54) is 11.8 Å². The summed E-state index contributed by atoms with van der Waals surface area (Å²) in [4.78, 5) is 35.0. The van der Waals surface area contributed by atoms with Gasteiger partial charge in [-0.15, -0.1) is 11.8 Å². The second kappa shape index (κ2) is 8.01. The minimum atomic E-state index is -0.781. The summed E-state index contributed by atoms with van der Waals surface area (Å²) < 4.78 is 0. The third-order valence-corrected chi connectivity index (χ3v) is 5.06. The van der Waals surface area contributed by atoms with Gasteiger partial charge in [-0.3, -0.25) is 14.4 Å². The molecule has 7 heteroatoms. The summed E-state index contributed by atoms with van der Waals surface area (Å²) in [6.07, 6.45) is 2.23. The van der Waals surface area contributed by atoms with E-state index in [0.29, 0.717) is 31.4 Å². The maximum Gasteiger partial charge on any atom is 0.306 e. The van der Waals surface area contributed by atoms with Gasteiger partial charge >= 0.3 is 5.97 Å². The van der Waals surface area contributed by atoms with Crippen molar-refractivity contribution in [1.82, 2.24) is 0 Å². The molecule has 0 saturated heterocycles. The minimum absolute atomic E-state index is 0.0963. The van der Waals surface area contributed by atoms with E-state index in [1.807, 2.05) is 18.2 Å². The van der Waals surface area contributed by atoms with Crippen LogP contribution in [0.3, 0.4) is 0 Å². The van der Waals surface area contributed by atoms with Crippen LogP contribution in [0.5, 0.6) is 0 Å². The fraction of sp³-hybridized carbons (Fsp3) is 0.438. The highest BCUT2D eigenvalue weighted by Crippen LogP contribution is 2.31. The van der Waals surface area contributed by atoms with Gasteiger partial charge in [-0.2, -0.15) is 0 Å². The zero-order valence-corrected chi connectivity index (χ0v) is 13.5. The van der Waals surface area contributed by atoms with Crippen molar-refractivity contribution in [3.8, 4) is 0 Å². The van der Waals surface area contributed by atoms with Crippen molar-refractivity contribution < 1.29 is 19.5 Å². The Hall–Kier alpha value is -2.02. The molecule has 1 saturated carbocycles. The number of aliphatic carboxylic acids is 1. The number of nitrogens with one attached hydrogen (secondary N) is 1. The number of thioether (sulfide) groups is 1. The maximum absolute atomic E-state index is 12.4. The highest BCUT2D eigenvalue weighted by molar-refractivity contribution is 8.00. The Labute approximate surface area is 138 Å². The molecule has 1 fully saturated rings. The van der Waals surface area contributed by atoms with Gasteiger partial charge in [0.05, 0.1) is 17.4 Å². The molecular formula is C16H20N2O4S. The van der Waals surface area contributed by atoms with Crippen LogP contribution in [-0.2, 0) is 14.4 Å². The molecule has 124 valence electrons. The first-order chi connectivity index (χ1) is 11.0. The smallest absolute Gasteiger partial charge is 0.306 e. The number of anilines is 1. The molecule has 23 heavy (non-hydrogen) atoms. The van der Waals surface area contributed by atoms with Crippen LogP contribution in [-0.4, -0.2) is 28.6 Å². The zero-order chi connectivity index (χ0) is 16.8. The first-order valence-corrected chi connectivity index (χ1v) is 8.49. The molecule has 0 atom stereocenters. The number of carboxylic acid groups (broad SMARTS) is 1. The van der Waals surface area contributed by atoms with Crippen LogP contribution < -0.4 is 11.1 Å². The van der Waals surface area contributed by atoms with Gasteiger partial charge in [0.1, 0.15) is 0 Å². The summed E-state index contributed by atoms with van der Waals surface area (Å²) in [5, 5.41) is 11.9. The quantitative estimate of drug-likeness (QED) is 0.689. The van der Waals surface area contributed by atoms with E-state index in [-0.39, 0.29) is 23.5 Å². The van der Waals surface area contributed by atoms with Crippen LogP contribution >= 0.6 is 11.8 Å². The highest BCUT2D eigenvalue weighted by Gasteiger charge is 2.29. The fourth-order valence-electron chi connectivity index (χ4n) is 2.68. The molecular weight excluding hydrogens is 316 g/mol. The molecule has 6 nitrogen and oxygen atoms in total. The topological polar surface area (TPSA) is 109 Å². The molecule has 4 N–H and O–H groups in total. The molecule has 2 rings (SSSR count). The first kappa shape index (κ1) is 17.3. The summed E-state index contributed by atoms with van der Waals surface area (Å²) >= 11 is 1.28. The lowest BCUT2D eigenvalue weighted by molar-refractivity contribution is -0.143. The molecule has 0 heterocycles. The number of amides is 2. The molecule has 0 aromatic heterocycles. The number of primary amides is 1. The Morgan fingerprint density at radius 1 is 1.13 bits per heavy atom. The Morgan fingerprint density at radius 3 is 2.35 bits per heavy atom. The monoisotopic (exact) mass is 336 g/mol. The number of carboxylic acids is 1. The van der Waals surface area contributed by atoms with Crippen LogP contribution in [0.4, 0.5) is 5.69 Å². The Kier molecular flexibility index (Phi) is 6.04. The second-order valence-electron chi connectivity index (χ2n) is 5.63. The molecule has 0 bridgehead atoms. The summed E-state index contributed by atoms with van der Waals surface area (Å²) in [6.45, 7) is 0. The van der Waals surface area contributed by atoms with E-state index >= 15 is 0 Å². The predicted octanol–water partition coefficient (Wildman–Crippen LogP) is 2.09. The highest BCUT2D eigenvalue weighted by atomic mass is 32.2. The van der Waals surface area contributed by atoms with Crippen LogP contribution in [0.25, 0.3) is 0 Å². The summed E-state index contributed by atoms with van der Waals surface area (Å²) in [7, 11) is 0. The average molecular weight is 336 g/mol. The van der Waals surface area contributed by atoms with Gasteiger partial charge in [0.25, 0.3) is 0 Å². The van der Waals surface area contributed by atoms with Crippen molar-refractivity contribution >= 4 is 35.2 Å². The van der Waals surface area contributed by atoms with E-state index < -0.39 is 11.9 Å². The standard InChI is InChI=1S/C16H20N2O4S/c17-14(19)9-23-13-4-2-1-3-12(13)18-15(20)10-5-7-11(8-6-10)16(21)22/h1-4,10-11H,5-9H2,(H2,17,19)(H,18,20)(H,21,22). The Morgan fingerprint density at radius 2 is 1.74 bits per heavy atom. The number of benzene rings is 1. The van der Waals surface area contributed by atoms with Gasteiger partial charge in [0.2, 0.25) is 11.8 Å². The maximum atomic E-state index is 12.4. The largest absolute Gasteiger partial charge is 0.481 e. The van der Waals surface area contributed by atoms with E-state index in [9.17, 15) is 14.4 Å². The lowest BCUT2D eigenvalue weighted by Gasteiger charge is -2.25. The average Bonchev–Trinajstić information content (AvgIpc) is 2.54. The van der Waals surface area contributed by atoms with E-state index in [1.54, 1.807) is 6.07 Å². The number of hydrogen-bond acceptors (Lipinski definition) is 4. The zero-order valence-electron chi connectivity index (χ0n) is 12.7. The van der Waals surface area contributed by atoms with Crippen molar-refractivity contribution in [2.24, 2.45) is 17.6 Å². The molecule has 1 aliphatic carbocycles. The second-order valence-corrected chi connectivity index (χ2v) is 6.64. The number of nitrogens with two attached hydrogens (primary N) is 1. The van der Waals surface area contributed by atoms with Gasteiger partial charge in [0, 0.05) is 10.8 Å².